The Kier molecular flexibility index (Phi) is 1.89. The molecule has 0 bridgehead atoms. The molecule has 3 rings (SSSR count). The van der Waals surface area contributed by atoms with Crippen molar-refractivity contribution in [2.75, 3.05) is 0 Å². The molecule has 0 aliphatic heterocycles. The fraction of sp³-hybridized carbons (Fsp3) is 0. The lowest BCUT2D eigenvalue weighted by Crippen LogP contribution is -1.79. The number of hydrogen-bond donors (Lipinski definition) is 3. The van der Waals surface area contributed by atoms with Crippen LogP contribution in [0.1, 0.15) is 0 Å². The van der Waals surface area contributed by atoms with Crippen molar-refractivity contribution in [1.29, 1.82) is 0 Å². The first kappa shape index (κ1) is 9.78. The lowest BCUT2D eigenvalue weighted by Gasteiger charge is -2.07. The second-order valence-corrected chi connectivity index (χ2v) is 4.00. The van der Waals surface area contributed by atoms with Crippen LogP contribution in [-0.2, 0) is 0 Å². The molecule has 3 nitrogen and oxygen atoms in total. The summed E-state index contributed by atoms with van der Waals surface area (Å²) in [6.07, 6.45) is 0. The third-order valence-corrected chi connectivity index (χ3v) is 2.93. The molecule has 0 aliphatic carbocycles. The van der Waals surface area contributed by atoms with Crippen LogP contribution in [0.5, 0.6) is 17.2 Å². The van der Waals surface area contributed by atoms with E-state index in [0.717, 1.165) is 16.2 Å². The van der Waals surface area contributed by atoms with Crippen LogP contribution in [0, 0.1) is 0 Å². The topological polar surface area (TPSA) is 60.7 Å². The highest BCUT2D eigenvalue weighted by atomic mass is 16.3. The summed E-state index contributed by atoms with van der Waals surface area (Å²) < 4.78 is 0. The molecule has 0 spiro atoms. The van der Waals surface area contributed by atoms with Gasteiger partial charge in [0.25, 0.3) is 0 Å². The highest BCUT2D eigenvalue weighted by Crippen LogP contribution is 2.37. The Morgan fingerprint density at radius 2 is 1.35 bits per heavy atom. The molecule has 3 heteroatoms. The van der Waals surface area contributed by atoms with Crippen LogP contribution in [0.3, 0.4) is 0 Å². The third-order valence-electron chi connectivity index (χ3n) is 2.93. The van der Waals surface area contributed by atoms with Gasteiger partial charge in [-0.3, -0.25) is 0 Å². The molecule has 17 heavy (non-hydrogen) atoms. The molecule has 3 N–H and O–H groups in total. The van der Waals surface area contributed by atoms with Crippen molar-refractivity contribution in [2.24, 2.45) is 0 Å². The predicted molar refractivity (Wildman–Crippen MR) is 66.4 cm³/mol. The van der Waals surface area contributed by atoms with Crippen LogP contribution in [0.15, 0.2) is 42.5 Å². The second-order valence-electron chi connectivity index (χ2n) is 4.00. The average Bonchev–Trinajstić information content (AvgIpc) is 2.31. The second kappa shape index (κ2) is 3.28. The summed E-state index contributed by atoms with van der Waals surface area (Å²) in [6.45, 7) is 0. The van der Waals surface area contributed by atoms with Gasteiger partial charge in [-0.05, 0) is 34.4 Å². The van der Waals surface area contributed by atoms with E-state index in [4.69, 9.17) is 0 Å². The number of hydrogen-bond acceptors (Lipinski definition) is 3. The summed E-state index contributed by atoms with van der Waals surface area (Å²) in [4.78, 5) is 0. The van der Waals surface area contributed by atoms with Gasteiger partial charge >= 0.3 is 0 Å². The summed E-state index contributed by atoms with van der Waals surface area (Å²) in [5, 5.41) is 31.9. The average molecular weight is 226 g/mol. The van der Waals surface area contributed by atoms with Gasteiger partial charge < -0.3 is 15.3 Å². The molecule has 0 aromatic heterocycles. The molecule has 0 atom stereocenters. The Labute approximate surface area is 97.2 Å². The quantitative estimate of drug-likeness (QED) is 0.407. The molecule has 0 radical (unpaired) electrons. The number of phenolic OH excluding ortho intramolecular Hbond substituents is 3. The van der Waals surface area contributed by atoms with Crippen LogP contribution in [-0.4, -0.2) is 15.3 Å². The standard InChI is InChI=1S/C14H10O3/c15-11-3-1-2-8-4-5-9-6-12(16)13(17)7-10(9)14(8)11/h1-7,15-17H. The zero-order valence-corrected chi connectivity index (χ0v) is 8.88. The summed E-state index contributed by atoms with van der Waals surface area (Å²) >= 11 is 0. The van der Waals surface area contributed by atoms with Gasteiger partial charge in [0.1, 0.15) is 5.75 Å². The van der Waals surface area contributed by atoms with Crippen molar-refractivity contribution in [1.82, 2.24) is 0 Å². The van der Waals surface area contributed by atoms with Gasteiger partial charge in [-0.15, -0.1) is 0 Å². The summed E-state index contributed by atoms with van der Waals surface area (Å²) in [7, 11) is 0. The van der Waals surface area contributed by atoms with Crippen LogP contribution >= 0.6 is 0 Å². The van der Waals surface area contributed by atoms with Crippen molar-refractivity contribution in [3.05, 3.63) is 42.5 Å². The van der Waals surface area contributed by atoms with E-state index in [1.54, 1.807) is 12.1 Å². The van der Waals surface area contributed by atoms with Crippen molar-refractivity contribution in [3.8, 4) is 17.2 Å². The van der Waals surface area contributed by atoms with Gasteiger partial charge in [0.05, 0.1) is 0 Å². The van der Waals surface area contributed by atoms with E-state index < -0.39 is 0 Å². The van der Waals surface area contributed by atoms with Gasteiger partial charge in [-0.25, -0.2) is 0 Å². The molecule has 84 valence electrons. The minimum atomic E-state index is -0.187. The first-order chi connectivity index (χ1) is 8.16. The molecule has 3 aromatic rings. The van der Waals surface area contributed by atoms with Crippen molar-refractivity contribution < 1.29 is 15.3 Å². The molecule has 0 fully saturated rings. The third kappa shape index (κ3) is 1.36. The minimum absolute atomic E-state index is 0.160. The number of benzene rings is 3. The zero-order valence-electron chi connectivity index (χ0n) is 8.88. The van der Waals surface area contributed by atoms with Crippen molar-refractivity contribution >= 4 is 21.5 Å². The Morgan fingerprint density at radius 1 is 0.647 bits per heavy atom. The fourth-order valence-corrected chi connectivity index (χ4v) is 2.12. The smallest absolute Gasteiger partial charge is 0.158 e. The van der Waals surface area contributed by atoms with E-state index in [9.17, 15) is 15.3 Å². The maximum absolute atomic E-state index is 9.89. The van der Waals surface area contributed by atoms with Gasteiger partial charge in [0, 0.05) is 5.39 Å². The Balaban J connectivity index is 2.59. The molecule has 0 saturated carbocycles. The molecular weight excluding hydrogens is 216 g/mol. The summed E-state index contributed by atoms with van der Waals surface area (Å²) in [5.41, 5.74) is 0. The number of phenols is 3. The van der Waals surface area contributed by atoms with Crippen LogP contribution in [0.4, 0.5) is 0 Å². The number of rotatable bonds is 0. The highest BCUT2D eigenvalue weighted by Gasteiger charge is 2.08. The zero-order chi connectivity index (χ0) is 12.0. The molecule has 0 saturated heterocycles. The molecular formula is C14H10O3. The van der Waals surface area contributed by atoms with E-state index in [1.165, 1.54) is 12.1 Å². The Hall–Kier alpha value is -2.42. The largest absolute Gasteiger partial charge is 0.507 e. The van der Waals surface area contributed by atoms with E-state index in [0.29, 0.717) is 5.39 Å². The van der Waals surface area contributed by atoms with Crippen LogP contribution in [0.25, 0.3) is 21.5 Å². The van der Waals surface area contributed by atoms with Gasteiger partial charge in [0.2, 0.25) is 0 Å². The van der Waals surface area contributed by atoms with E-state index in [-0.39, 0.29) is 17.2 Å². The fourth-order valence-electron chi connectivity index (χ4n) is 2.12. The van der Waals surface area contributed by atoms with Gasteiger partial charge in [-0.2, -0.15) is 0 Å². The first-order valence-electron chi connectivity index (χ1n) is 5.23. The van der Waals surface area contributed by atoms with Crippen molar-refractivity contribution in [2.45, 2.75) is 0 Å². The predicted octanol–water partition coefficient (Wildman–Crippen LogP) is 3.11. The summed E-state index contributed by atoms with van der Waals surface area (Å²) in [6, 6.07) is 11.9. The highest BCUT2D eigenvalue weighted by molar-refractivity contribution is 6.11. The molecule has 0 unspecified atom stereocenters. The maximum Gasteiger partial charge on any atom is 0.158 e. The van der Waals surface area contributed by atoms with Crippen LogP contribution < -0.4 is 0 Å². The first-order valence-corrected chi connectivity index (χ1v) is 5.23. The molecule has 0 heterocycles. The van der Waals surface area contributed by atoms with Gasteiger partial charge in [0.15, 0.2) is 11.5 Å². The lowest BCUT2D eigenvalue weighted by molar-refractivity contribution is 0.405. The van der Waals surface area contributed by atoms with E-state index in [1.807, 2.05) is 18.2 Å². The number of fused-ring (bicyclic) bond motifs is 3. The molecule has 0 aliphatic rings. The summed E-state index contributed by atoms with van der Waals surface area (Å²) in [5.74, 6) is -0.182. The maximum atomic E-state index is 9.89. The SMILES string of the molecule is Oc1cc2ccc3cccc(O)c3c2cc1O. The van der Waals surface area contributed by atoms with E-state index in [2.05, 4.69) is 0 Å². The van der Waals surface area contributed by atoms with Gasteiger partial charge in [-0.1, -0.05) is 24.3 Å². The molecule has 3 aromatic carbocycles. The number of aromatic hydroxyl groups is 3. The Bertz CT molecular complexity index is 732. The Morgan fingerprint density at radius 3 is 2.18 bits per heavy atom. The molecule has 0 amide bonds. The minimum Gasteiger partial charge on any atom is -0.507 e. The lowest BCUT2D eigenvalue weighted by atomic mass is 10.0. The normalized spacial score (nSPS) is 11.1. The van der Waals surface area contributed by atoms with Crippen LogP contribution in [0.2, 0.25) is 0 Å². The van der Waals surface area contributed by atoms with Crippen molar-refractivity contribution in [3.63, 3.8) is 0 Å². The monoisotopic (exact) mass is 226 g/mol. The van der Waals surface area contributed by atoms with E-state index >= 15 is 0 Å².